The molecule has 13 rings (SSSR count). The van der Waals surface area contributed by atoms with Gasteiger partial charge in [-0.05, 0) is 105 Å². The minimum atomic E-state index is 0.864. The summed E-state index contributed by atoms with van der Waals surface area (Å²) in [4.78, 5) is 2.43. The van der Waals surface area contributed by atoms with Gasteiger partial charge in [-0.1, -0.05) is 158 Å². The lowest BCUT2D eigenvalue weighted by molar-refractivity contribution is 0.476. The van der Waals surface area contributed by atoms with Gasteiger partial charge in [0.1, 0.15) is 0 Å². The predicted octanol–water partition coefficient (Wildman–Crippen LogP) is 16.9. The summed E-state index contributed by atoms with van der Waals surface area (Å²) in [6, 6.07) is 79.2. The largest absolute Gasteiger partial charge is 0.453 e. The normalized spacial score (nSPS) is 12.0. The van der Waals surface area contributed by atoms with Crippen LogP contribution in [0.15, 0.2) is 218 Å². The van der Waals surface area contributed by atoms with Gasteiger partial charge in [0.25, 0.3) is 0 Å². The summed E-state index contributed by atoms with van der Waals surface area (Å²) in [7, 11) is 0. The maximum Gasteiger partial charge on any atom is 0.152 e. The van der Waals surface area contributed by atoms with Gasteiger partial charge in [0.15, 0.2) is 11.5 Å². The molecule has 0 radical (unpaired) electrons. The van der Waals surface area contributed by atoms with Crippen molar-refractivity contribution in [3.63, 3.8) is 0 Å². The molecule has 1 aliphatic heterocycles. The Balaban J connectivity index is 0.893. The maximum absolute atomic E-state index is 6.50. The van der Waals surface area contributed by atoms with Crippen LogP contribution < -0.4 is 9.64 Å². The number of ether oxygens (including phenoxy) is 1. The molecule has 1 aliphatic rings. The first-order valence-corrected chi connectivity index (χ1v) is 21.9. The summed E-state index contributed by atoms with van der Waals surface area (Å²) in [5.41, 5.74) is 13.8. The van der Waals surface area contributed by atoms with Gasteiger partial charge >= 0.3 is 0 Å². The van der Waals surface area contributed by atoms with Gasteiger partial charge in [-0.15, -0.1) is 11.3 Å². The molecular weight excluding hydrogens is 773 g/mol. The number of anilines is 3. The van der Waals surface area contributed by atoms with Crippen molar-refractivity contribution in [1.29, 1.82) is 0 Å². The Labute approximate surface area is 362 Å². The molecule has 62 heavy (non-hydrogen) atoms. The van der Waals surface area contributed by atoms with Gasteiger partial charge in [0.2, 0.25) is 0 Å². The topological polar surface area (TPSA) is 17.4 Å². The van der Waals surface area contributed by atoms with Crippen LogP contribution in [0.2, 0.25) is 0 Å². The molecule has 0 saturated heterocycles. The fourth-order valence-electron chi connectivity index (χ4n) is 9.68. The zero-order valence-corrected chi connectivity index (χ0v) is 34.3. The number of fused-ring (bicyclic) bond motifs is 9. The number of benzene rings is 10. The number of thiophene rings is 1. The van der Waals surface area contributed by atoms with E-state index in [1.54, 1.807) is 0 Å². The van der Waals surface area contributed by atoms with Crippen molar-refractivity contribution >= 4 is 81.1 Å². The predicted molar refractivity (Wildman–Crippen MR) is 262 cm³/mol. The molecule has 3 nitrogen and oxygen atoms in total. The van der Waals surface area contributed by atoms with Crippen molar-refractivity contribution < 1.29 is 4.74 Å². The van der Waals surface area contributed by atoms with E-state index in [0.29, 0.717) is 0 Å². The molecule has 0 saturated carbocycles. The average molecular weight is 809 g/mol. The monoisotopic (exact) mass is 808 g/mol. The Kier molecular flexibility index (Phi) is 7.78. The number of para-hydroxylation sites is 2. The first kappa shape index (κ1) is 34.9. The Morgan fingerprint density at radius 2 is 1.05 bits per heavy atom. The lowest BCUT2D eigenvalue weighted by Crippen LogP contribution is -2.10. The number of hydrogen-bond acceptors (Lipinski definition) is 3. The average Bonchev–Trinajstić information content (AvgIpc) is 3.90. The van der Waals surface area contributed by atoms with E-state index in [2.05, 4.69) is 228 Å². The maximum atomic E-state index is 6.50. The third-order valence-corrected chi connectivity index (χ3v) is 13.8. The van der Waals surface area contributed by atoms with Crippen LogP contribution in [0.25, 0.3) is 91.8 Å². The minimum absolute atomic E-state index is 0.864. The number of hydrogen-bond donors (Lipinski definition) is 0. The summed E-state index contributed by atoms with van der Waals surface area (Å²) in [5, 5.41) is 7.51. The van der Waals surface area contributed by atoms with Crippen molar-refractivity contribution in [2.24, 2.45) is 0 Å². The van der Waals surface area contributed by atoms with E-state index >= 15 is 0 Å². The van der Waals surface area contributed by atoms with Gasteiger partial charge < -0.3 is 14.2 Å². The van der Waals surface area contributed by atoms with Gasteiger partial charge in [0, 0.05) is 37.6 Å². The van der Waals surface area contributed by atoms with Crippen LogP contribution in [0.4, 0.5) is 17.1 Å². The van der Waals surface area contributed by atoms with E-state index in [1.165, 1.54) is 64.0 Å². The Morgan fingerprint density at radius 3 is 1.92 bits per heavy atom. The Hall–Kier alpha value is -7.92. The van der Waals surface area contributed by atoms with E-state index in [4.69, 9.17) is 4.74 Å². The van der Waals surface area contributed by atoms with Crippen molar-refractivity contribution in [3.8, 4) is 50.6 Å². The highest BCUT2D eigenvalue weighted by Crippen LogP contribution is 2.48. The van der Waals surface area contributed by atoms with Gasteiger partial charge in [-0.2, -0.15) is 0 Å². The zero-order chi connectivity index (χ0) is 40.7. The second-order valence-corrected chi connectivity index (χ2v) is 17.1. The van der Waals surface area contributed by atoms with Crippen LogP contribution in [-0.4, -0.2) is 4.57 Å². The number of rotatable bonds is 6. The molecule has 3 heterocycles. The van der Waals surface area contributed by atoms with Crippen molar-refractivity contribution in [2.75, 3.05) is 4.90 Å². The highest BCUT2D eigenvalue weighted by atomic mass is 32.1. The second-order valence-electron chi connectivity index (χ2n) is 16.1. The van der Waals surface area contributed by atoms with Gasteiger partial charge in [0.05, 0.1) is 27.1 Å². The molecule has 0 amide bonds. The molecule has 12 aromatic rings. The van der Waals surface area contributed by atoms with Crippen molar-refractivity contribution in [2.45, 2.75) is 0 Å². The smallest absolute Gasteiger partial charge is 0.152 e. The van der Waals surface area contributed by atoms with Crippen LogP contribution in [0.1, 0.15) is 0 Å². The third kappa shape index (κ3) is 5.44. The van der Waals surface area contributed by atoms with E-state index in [-0.39, 0.29) is 0 Å². The number of nitrogens with zero attached hydrogens (tertiary/aromatic N) is 2. The molecule has 0 spiro atoms. The quantitative estimate of drug-likeness (QED) is 0.166. The van der Waals surface area contributed by atoms with Crippen molar-refractivity contribution in [1.82, 2.24) is 4.57 Å². The summed E-state index contributed by atoms with van der Waals surface area (Å²) in [5.74, 6) is 1.75. The fourth-order valence-corrected chi connectivity index (χ4v) is 10.9. The Morgan fingerprint density at radius 1 is 0.403 bits per heavy atom. The molecule has 0 fully saturated rings. The third-order valence-electron chi connectivity index (χ3n) is 12.6. The molecule has 0 aliphatic carbocycles. The molecule has 0 atom stereocenters. The summed E-state index contributed by atoms with van der Waals surface area (Å²) in [6.07, 6.45) is 0. The van der Waals surface area contributed by atoms with Crippen LogP contribution in [0.3, 0.4) is 0 Å². The van der Waals surface area contributed by atoms with Crippen LogP contribution in [0.5, 0.6) is 11.5 Å². The highest BCUT2D eigenvalue weighted by Gasteiger charge is 2.24. The van der Waals surface area contributed by atoms with Crippen LogP contribution in [-0.2, 0) is 0 Å². The number of aromatic nitrogens is 1. The molecule has 10 aromatic carbocycles. The minimum Gasteiger partial charge on any atom is -0.453 e. The highest BCUT2D eigenvalue weighted by molar-refractivity contribution is 7.26. The van der Waals surface area contributed by atoms with Crippen LogP contribution >= 0.6 is 11.3 Å². The van der Waals surface area contributed by atoms with Crippen molar-refractivity contribution in [3.05, 3.63) is 218 Å². The second kappa shape index (κ2) is 13.8. The van der Waals surface area contributed by atoms with E-state index in [9.17, 15) is 0 Å². The summed E-state index contributed by atoms with van der Waals surface area (Å²) in [6.45, 7) is 0. The van der Waals surface area contributed by atoms with Gasteiger partial charge in [-0.3, -0.25) is 0 Å². The first-order valence-electron chi connectivity index (χ1n) is 21.1. The lowest BCUT2D eigenvalue weighted by Gasteiger charge is -2.27. The van der Waals surface area contributed by atoms with E-state index in [0.717, 1.165) is 56.3 Å². The summed E-state index contributed by atoms with van der Waals surface area (Å²) >= 11 is 1.86. The molecule has 290 valence electrons. The molecule has 0 unspecified atom stereocenters. The fraction of sp³-hybridized carbons (Fsp3) is 0. The standard InChI is InChI=1S/C58H36N2OS/c1-2-15-45-39(11-1)12-8-18-46(45)40-29-32-43(33-30-40)59(52-22-9-20-50-48-17-4-6-24-56(48)62-58(50)52)44-14-7-13-41(35-44)37-25-27-38(28-26-37)42-31-34-54-53(36-42)60-51-21-5-3-16-47(51)49-19-10-23-55(61-54)57(49)60/h1-36H. The molecule has 0 bridgehead atoms. The Bertz CT molecular complexity index is 3720. The summed E-state index contributed by atoms with van der Waals surface area (Å²) < 4.78 is 11.4. The first-order chi connectivity index (χ1) is 30.7. The van der Waals surface area contributed by atoms with E-state index in [1.807, 2.05) is 11.3 Å². The van der Waals surface area contributed by atoms with Crippen LogP contribution in [0, 0.1) is 0 Å². The molecular formula is C58H36N2OS. The lowest BCUT2D eigenvalue weighted by atomic mass is 9.97. The molecule has 0 N–H and O–H groups in total. The van der Waals surface area contributed by atoms with E-state index < -0.39 is 0 Å². The molecule has 2 aromatic heterocycles. The van der Waals surface area contributed by atoms with Gasteiger partial charge in [-0.25, -0.2) is 0 Å². The SMILES string of the molecule is c1cc(-c2ccc(-c3ccc4c(c3)-n3c5ccccc5c5cccc(c53)O4)cc2)cc(N(c2ccc(-c3cccc4ccccc34)cc2)c2cccc3c2sc2ccccc23)c1. The molecule has 4 heteroatoms. The zero-order valence-electron chi connectivity index (χ0n) is 33.5.